The Morgan fingerprint density at radius 2 is 1.43 bits per heavy atom. The number of aryl methyl sites for hydroxylation is 2. The van der Waals surface area contributed by atoms with Crippen LogP contribution in [0, 0.1) is 29.1 Å². The van der Waals surface area contributed by atoms with E-state index in [1.807, 2.05) is 0 Å². The van der Waals surface area contributed by atoms with Crippen molar-refractivity contribution in [2.24, 2.45) is 43.2 Å². The Bertz CT molecular complexity index is 1520. The van der Waals surface area contributed by atoms with Gasteiger partial charge in [0.05, 0.1) is 0 Å². The van der Waals surface area contributed by atoms with Crippen molar-refractivity contribution < 1.29 is 0 Å². The van der Waals surface area contributed by atoms with Crippen LogP contribution in [0.4, 0.5) is 0 Å². The van der Waals surface area contributed by atoms with Crippen molar-refractivity contribution >= 4 is 21.8 Å². The molecule has 2 fully saturated rings. The molecule has 8 rings (SSSR count). The number of aromatic nitrogens is 2. The maximum atomic E-state index is 2.71. The first kappa shape index (κ1) is 20.7. The highest BCUT2D eigenvalue weighted by atomic mass is 15.0. The summed E-state index contributed by atoms with van der Waals surface area (Å²) in [4.78, 5) is 0. The highest BCUT2D eigenvalue weighted by Crippen LogP contribution is 2.66. The first-order valence-corrected chi connectivity index (χ1v) is 14.0. The van der Waals surface area contributed by atoms with Crippen molar-refractivity contribution in [3.05, 3.63) is 71.0 Å². The van der Waals surface area contributed by atoms with E-state index >= 15 is 0 Å². The number of hydrogen-bond acceptors (Lipinski definition) is 0. The third kappa shape index (κ3) is 2.38. The summed E-state index contributed by atoms with van der Waals surface area (Å²) < 4.78 is 5.09. The summed E-state index contributed by atoms with van der Waals surface area (Å²) in [6.45, 7) is 5.34. The Morgan fingerprint density at radius 3 is 2.20 bits per heavy atom. The van der Waals surface area contributed by atoms with Crippen LogP contribution in [0.3, 0.4) is 0 Å². The lowest BCUT2D eigenvalue weighted by Gasteiger charge is -2.60. The van der Waals surface area contributed by atoms with Gasteiger partial charge in [0.25, 0.3) is 0 Å². The average molecular weight is 463 g/mol. The summed E-state index contributed by atoms with van der Waals surface area (Å²) in [5.41, 5.74) is 10.3. The Labute approximate surface area is 209 Å². The zero-order chi connectivity index (χ0) is 23.7. The number of para-hydroxylation sites is 2. The minimum atomic E-state index is 0.340. The van der Waals surface area contributed by atoms with E-state index in [9.17, 15) is 0 Å². The zero-order valence-electron chi connectivity index (χ0n) is 21.8. The molecule has 2 aromatic carbocycles. The van der Waals surface area contributed by atoms with E-state index in [2.05, 4.69) is 85.6 Å². The van der Waals surface area contributed by atoms with Crippen LogP contribution in [-0.2, 0) is 38.8 Å². The van der Waals surface area contributed by atoms with Crippen molar-refractivity contribution in [1.82, 2.24) is 9.13 Å². The van der Waals surface area contributed by atoms with Gasteiger partial charge < -0.3 is 9.13 Å². The molecule has 2 heterocycles. The predicted octanol–water partition coefficient (Wildman–Crippen LogP) is 7.34. The normalized spacial score (nSPS) is 35.4. The molecule has 0 radical (unpaired) electrons. The van der Waals surface area contributed by atoms with Crippen molar-refractivity contribution in [2.45, 2.75) is 64.2 Å². The van der Waals surface area contributed by atoms with Gasteiger partial charge in [-0.05, 0) is 97.3 Å². The molecule has 4 aliphatic carbocycles. The molecule has 2 saturated carbocycles. The quantitative estimate of drug-likeness (QED) is 0.259. The van der Waals surface area contributed by atoms with E-state index < -0.39 is 0 Å². The second kappa shape index (κ2) is 6.64. The van der Waals surface area contributed by atoms with Gasteiger partial charge in [-0.1, -0.05) is 50.2 Å². The van der Waals surface area contributed by atoms with Crippen molar-refractivity contribution in [2.75, 3.05) is 0 Å². The highest BCUT2D eigenvalue weighted by molar-refractivity contribution is 5.87. The molecule has 2 heteroatoms. The van der Waals surface area contributed by atoms with E-state index in [1.165, 1.54) is 66.8 Å². The van der Waals surface area contributed by atoms with Crippen LogP contribution in [0.15, 0.2) is 48.5 Å². The topological polar surface area (TPSA) is 9.86 Å². The van der Waals surface area contributed by atoms with Gasteiger partial charge >= 0.3 is 0 Å². The highest BCUT2D eigenvalue weighted by Gasteiger charge is 2.60. The third-order valence-electron chi connectivity index (χ3n) is 12.0. The lowest BCUT2D eigenvalue weighted by molar-refractivity contribution is -0.0767. The van der Waals surface area contributed by atoms with Crippen LogP contribution < -0.4 is 0 Å². The monoisotopic (exact) mass is 462 g/mol. The zero-order valence-corrected chi connectivity index (χ0v) is 21.8. The van der Waals surface area contributed by atoms with Gasteiger partial charge in [-0.15, -0.1) is 0 Å². The van der Waals surface area contributed by atoms with Crippen LogP contribution in [0.1, 0.15) is 62.0 Å². The molecular formula is C33H38N2. The average Bonchev–Trinajstić information content (AvgIpc) is 3.44. The summed E-state index contributed by atoms with van der Waals surface area (Å²) in [7, 11) is 4.64. The third-order valence-corrected chi connectivity index (χ3v) is 12.0. The van der Waals surface area contributed by atoms with Crippen LogP contribution >= 0.6 is 0 Å². The summed E-state index contributed by atoms with van der Waals surface area (Å²) in [5, 5.41) is 3.04. The SMILES string of the molecule is Cn1c2c(c3ccccc31)CC1(C)C(CCC3C4Cc5c(n(C)c6ccccc56)C4(C)CCC31)C2. The first-order valence-electron chi connectivity index (χ1n) is 14.0. The van der Waals surface area contributed by atoms with E-state index in [-0.39, 0.29) is 0 Å². The Kier molecular flexibility index (Phi) is 3.92. The fourth-order valence-corrected chi connectivity index (χ4v) is 10.4. The smallest absolute Gasteiger partial charge is 0.0482 e. The molecule has 4 aliphatic rings. The van der Waals surface area contributed by atoms with Gasteiger partial charge in [-0.3, -0.25) is 0 Å². The molecule has 6 unspecified atom stereocenters. The molecule has 0 amide bonds. The minimum absolute atomic E-state index is 0.340. The van der Waals surface area contributed by atoms with Gasteiger partial charge in [0.2, 0.25) is 0 Å². The van der Waals surface area contributed by atoms with E-state index in [4.69, 9.17) is 0 Å². The predicted molar refractivity (Wildman–Crippen MR) is 145 cm³/mol. The van der Waals surface area contributed by atoms with Crippen molar-refractivity contribution in [3.63, 3.8) is 0 Å². The fraction of sp³-hybridized carbons (Fsp3) is 0.515. The number of hydrogen-bond donors (Lipinski definition) is 0. The van der Waals surface area contributed by atoms with E-state index in [1.54, 1.807) is 22.5 Å². The molecule has 0 saturated heterocycles. The van der Waals surface area contributed by atoms with Crippen LogP contribution in [0.5, 0.6) is 0 Å². The van der Waals surface area contributed by atoms with E-state index in [0.29, 0.717) is 10.8 Å². The fourth-order valence-electron chi connectivity index (χ4n) is 10.4. The number of nitrogens with zero attached hydrogens (tertiary/aromatic N) is 2. The Morgan fingerprint density at radius 1 is 0.743 bits per heavy atom. The number of benzene rings is 2. The number of rotatable bonds is 0. The maximum absolute atomic E-state index is 2.71. The molecule has 35 heavy (non-hydrogen) atoms. The van der Waals surface area contributed by atoms with E-state index in [0.717, 1.165) is 23.7 Å². The molecule has 180 valence electrons. The van der Waals surface area contributed by atoms with Gasteiger partial charge in [0.15, 0.2) is 0 Å². The van der Waals surface area contributed by atoms with Crippen molar-refractivity contribution in [3.8, 4) is 0 Å². The molecule has 4 aromatic rings. The summed E-state index contributed by atoms with van der Waals surface area (Å²) in [6.07, 6.45) is 9.50. The largest absolute Gasteiger partial charge is 0.347 e. The van der Waals surface area contributed by atoms with Gasteiger partial charge in [0, 0.05) is 52.7 Å². The lowest BCUT2D eigenvalue weighted by Crippen LogP contribution is -2.55. The minimum Gasteiger partial charge on any atom is -0.347 e. The van der Waals surface area contributed by atoms with Gasteiger partial charge in [-0.25, -0.2) is 0 Å². The van der Waals surface area contributed by atoms with Crippen LogP contribution in [0.25, 0.3) is 21.8 Å². The second-order valence-corrected chi connectivity index (χ2v) is 13.1. The molecule has 0 spiro atoms. The molecule has 2 nitrogen and oxygen atoms in total. The standard InChI is InChI=1S/C33H38N2/c1-32-16-15-26-23(27(32)18-24-21-9-5-8-12-29(21)35(4)31(24)32)14-13-20-17-30-25(19-33(20,26)2)22-10-6-7-11-28(22)34(30)3/h5-12,20,23,26-27H,13-19H2,1-4H3. The summed E-state index contributed by atoms with van der Waals surface area (Å²) in [6, 6.07) is 18.3. The Balaban J connectivity index is 1.21. The summed E-state index contributed by atoms with van der Waals surface area (Å²) in [5.74, 6) is 3.40. The molecule has 0 N–H and O–H groups in total. The maximum Gasteiger partial charge on any atom is 0.0482 e. The summed E-state index contributed by atoms with van der Waals surface area (Å²) >= 11 is 0. The molecule has 2 aromatic heterocycles. The van der Waals surface area contributed by atoms with Crippen LogP contribution in [-0.4, -0.2) is 9.13 Å². The molecular weight excluding hydrogens is 424 g/mol. The second-order valence-electron chi connectivity index (χ2n) is 13.1. The van der Waals surface area contributed by atoms with Crippen LogP contribution in [0.2, 0.25) is 0 Å². The molecule has 6 atom stereocenters. The Hall–Kier alpha value is -2.48. The van der Waals surface area contributed by atoms with Crippen molar-refractivity contribution in [1.29, 1.82) is 0 Å². The first-order chi connectivity index (χ1) is 16.9. The molecule has 0 aliphatic heterocycles. The lowest BCUT2D eigenvalue weighted by atomic mass is 9.45. The number of fused-ring (bicyclic) bond motifs is 12. The molecule has 0 bridgehead atoms. The van der Waals surface area contributed by atoms with Gasteiger partial charge in [-0.2, -0.15) is 0 Å². The van der Waals surface area contributed by atoms with Gasteiger partial charge in [0.1, 0.15) is 0 Å².